The number of benzene rings is 1. The maximum atomic E-state index is 15.2. The quantitative estimate of drug-likeness (QED) is 0.583. The normalized spacial score (nSPS) is 17.8. The van der Waals surface area contributed by atoms with Crippen molar-refractivity contribution in [3.8, 4) is 5.75 Å². The molecule has 2 aliphatic rings. The van der Waals surface area contributed by atoms with Crippen LogP contribution in [-0.2, 0) is 11.4 Å². The van der Waals surface area contributed by atoms with E-state index in [4.69, 9.17) is 9.57 Å². The SMILES string of the molecule is CN1CCN(c2c(F)cc3c(=O)c(/C=N/OC(C)(C)C)cn4c3c2OCC4)CC1. The van der Waals surface area contributed by atoms with Crippen molar-refractivity contribution in [2.75, 3.05) is 44.7 Å². The van der Waals surface area contributed by atoms with E-state index in [9.17, 15) is 4.79 Å². The molecular weight excluding hydrogens is 375 g/mol. The van der Waals surface area contributed by atoms with Crippen LogP contribution >= 0.6 is 0 Å². The molecule has 0 aliphatic carbocycles. The van der Waals surface area contributed by atoms with Crippen molar-refractivity contribution in [3.63, 3.8) is 0 Å². The van der Waals surface area contributed by atoms with Crippen molar-refractivity contribution in [1.82, 2.24) is 9.47 Å². The largest absolute Gasteiger partial charge is 0.487 e. The van der Waals surface area contributed by atoms with Gasteiger partial charge in [0.15, 0.2) is 17.0 Å². The first kappa shape index (κ1) is 19.7. The molecule has 2 aliphatic heterocycles. The van der Waals surface area contributed by atoms with Crippen molar-refractivity contribution in [2.24, 2.45) is 5.16 Å². The van der Waals surface area contributed by atoms with E-state index in [1.54, 1.807) is 6.20 Å². The van der Waals surface area contributed by atoms with Crippen molar-refractivity contribution < 1.29 is 14.0 Å². The highest BCUT2D eigenvalue weighted by Crippen LogP contribution is 2.40. The lowest BCUT2D eigenvalue weighted by molar-refractivity contribution is 0.00198. The van der Waals surface area contributed by atoms with Crippen LogP contribution in [0.25, 0.3) is 10.9 Å². The van der Waals surface area contributed by atoms with Gasteiger partial charge in [-0.15, -0.1) is 0 Å². The summed E-state index contributed by atoms with van der Waals surface area (Å²) >= 11 is 0. The number of hydrogen-bond donors (Lipinski definition) is 0. The van der Waals surface area contributed by atoms with E-state index in [-0.39, 0.29) is 5.43 Å². The lowest BCUT2D eigenvalue weighted by Crippen LogP contribution is -2.45. The number of aromatic nitrogens is 1. The summed E-state index contributed by atoms with van der Waals surface area (Å²) < 4.78 is 23.0. The summed E-state index contributed by atoms with van der Waals surface area (Å²) in [5.41, 5.74) is 0.721. The van der Waals surface area contributed by atoms with Gasteiger partial charge in [-0.3, -0.25) is 4.79 Å². The number of oxime groups is 1. The second-order valence-electron chi connectivity index (χ2n) is 8.62. The first-order valence-corrected chi connectivity index (χ1v) is 9.92. The molecule has 0 bridgehead atoms. The molecular formula is C21H27FN4O3. The van der Waals surface area contributed by atoms with Crippen LogP contribution in [0.2, 0.25) is 0 Å². The molecule has 3 heterocycles. The molecule has 1 fully saturated rings. The van der Waals surface area contributed by atoms with E-state index in [1.807, 2.05) is 30.2 Å². The van der Waals surface area contributed by atoms with Gasteiger partial charge < -0.3 is 23.9 Å². The number of pyridine rings is 1. The Hall–Kier alpha value is -2.61. The monoisotopic (exact) mass is 402 g/mol. The number of nitrogens with zero attached hydrogens (tertiary/aromatic N) is 4. The predicted molar refractivity (Wildman–Crippen MR) is 112 cm³/mol. The molecule has 2 aromatic rings. The van der Waals surface area contributed by atoms with Gasteiger partial charge in [0.1, 0.15) is 17.9 Å². The van der Waals surface area contributed by atoms with Crippen LogP contribution in [0.5, 0.6) is 5.75 Å². The molecule has 0 amide bonds. The van der Waals surface area contributed by atoms with Crippen molar-refractivity contribution in [3.05, 3.63) is 33.9 Å². The Morgan fingerprint density at radius 2 is 1.93 bits per heavy atom. The Morgan fingerprint density at radius 3 is 2.62 bits per heavy atom. The Morgan fingerprint density at radius 1 is 1.21 bits per heavy atom. The Kier molecular flexibility index (Phi) is 4.98. The highest BCUT2D eigenvalue weighted by Gasteiger charge is 2.28. The van der Waals surface area contributed by atoms with Gasteiger partial charge >= 0.3 is 0 Å². The van der Waals surface area contributed by atoms with Crippen molar-refractivity contribution in [2.45, 2.75) is 32.9 Å². The van der Waals surface area contributed by atoms with Gasteiger partial charge in [0, 0.05) is 32.4 Å². The number of hydrogen-bond acceptors (Lipinski definition) is 6. The van der Waals surface area contributed by atoms with Crippen LogP contribution in [0.4, 0.5) is 10.1 Å². The summed E-state index contributed by atoms with van der Waals surface area (Å²) in [5, 5.41) is 4.24. The molecule has 29 heavy (non-hydrogen) atoms. The average Bonchev–Trinajstić information content (AvgIpc) is 2.65. The molecule has 156 valence electrons. The zero-order chi connectivity index (χ0) is 20.8. The number of piperazine rings is 1. The molecule has 0 atom stereocenters. The highest BCUT2D eigenvalue weighted by molar-refractivity contribution is 5.95. The van der Waals surface area contributed by atoms with E-state index in [2.05, 4.69) is 17.1 Å². The molecule has 7 nitrogen and oxygen atoms in total. The van der Waals surface area contributed by atoms with Crippen LogP contribution in [0, 0.1) is 5.82 Å². The van der Waals surface area contributed by atoms with Gasteiger partial charge in [-0.1, -0.05) is 5.16 Å². The Labute approximate surface area is 169 Å². The van der Waals surface area contributed by atoms with Gasteiger partial charge in [-0.2, -0.15) is 0 Å². The molecule has 1 aromatic heterocycles. The predicted octanol–water partition coefficient (Wildman–Crippen LogP) is 2.43. The van der Waals surface area contributed by atoms with Crippen LogP contribution in [0.1, 0.15) is 26.3 Å². The Balaban J connectivity index is 1.82. The maximum Gasteiger partial charge on any atom is 0.198 e. The molecule has 4 rings (SSSR count). The number of ether oxygens (including phenoxy) is 1. The standard InChI is InChI=1S/C21H27FN4O3/c1-21(2,3)29-23-12-14-13-26-9-10-28-20-17(26)15(19(14)27)11-16(22)18(20)25-7-5-24(4)6-8-25/h11-13H,5-10H2,1-4H3/b23-12+. The van der Waals surface area contributed by atoms with Crippen LogP contribution in [-0.4, -0.2) is 61.1 Å². The van der Waals surface area contributed by atoms with Crippen LogP contribution in [0.15, 0.2) is 22.2 Å². The molecule has 0 saturated carbocycles. The number of halogens is 1. The molecule has 1 aromatic carbocycles. The Bertz CT molecular complexity index is 1020. The van der Waals surface area contributed by atoms with Crippen LogP contribution < -0.4 is 15.1 Å². The minimum Gasteiger partial charge on any atom is -0.487 e. The fourth-order valence-corrected chi connectivity index (χ4v) is 3.73. The van der Waals surface area contributed by atoms with Gasteiger partial charge in [-0.25, -0.2) is 4.39 Å². The molecule has 1 saturated heterocycles. The van der Waals surface area contributed by atoms with Gasteiger partial charge in [-0.05, 0) is 33.9 Å². The fraction of sp³-hybridized carbons (Fsp3) is 0.524. The molecule has 0 spiro atoms. The first-order chi connectivity index (χ1) is 13.7. The maximum absolute atomic E-state index is 15.2. The third-order valence-corrected chi connectivity index (χ3v) is 5.19. The van der Waals surface area contributed by atoms with E-state index >= 15 is 4.39 Å². The average molecular weight is 402 g/mol. The summed E-state index contributed by atoms with van der Waals surface area (Å²) in [6.45, 7) is 9.77. The third kappa shape index (κ3) is 3.81. The van der Waals surface area contributed by atoms with E-state index in [0.717, 1.165) is 13.1 Å². The topological polar surface area (TPSA) is 59.3 Å². The van der Waals surface area contributed by atoms with Gasteiger partial charge in [0.2, 0.25) is 0 Å². The van der Waals surface area contributed by atoms with E-state index in [0.29, 0.717) is 54.1 Å². The first-order valence-electron chi connectivity index (χ1n) is 9.92. The highest BCUT2D eigenvalue weighted by atomic mass is 19.1. The summed E-state index contributed by atoms with van der Waals surface area (Å²) in [6, 6.07) is 1.34. The number of rotatable bonds is 3. The minimum absolute atomic E-state index is 0.284. The smallest absolute Gasteiger partial charge is 0.198 e. The summed E-state index contributed by atoms with van der Waals surface area (Å²) in [7, 11) is 2.05. The number of likely N-dealkylation sites (N-methyl/N-ethyl adjacent to an activating group) is 1. The van der Waals surface area contributed by atoms with Crippen molar-refractivity contribution in [1.29, 1.82) is 0 Å². The van der Waals surface area contributed by atoms with Gasteiger partial charge in [0.05, 0.1) is 29.2 Å². The van der Waals surface area contributed by atoms with Crippen molar-refractivity contribution >= 4 is 22.8 Å². The molecule has 8 heteroatoms. The second kappa shape index (κ2) is 7.33. The number of anilines is 1. The zero-order valence-corrected chi connectivity index (χ0v) is 17.4. The zero-order valence-electron chi connectivity index (χ0n) is 17.4. The summed E-state index contributed by atoms with van der Waals surface area (Å²) in [6.07, 6.45) is 3.15. The lowest BCUT2D eigenvalue weighted by atomic mass is 10.1. The summed E-state index contributed by atoms with van der Waals surface area (Å²) in [4.78, 5) is 22.6. The third-order valence-electron chi connectivity index (χ3n) is 5.19. The second-order valence-corrected chi connectivity index (χ2v) is 8.62. The molecule has 0 N–H and O–H groups in total. The van der Waals surface area contributed by atoms with Crippen LogP contribution in [0.3, 0.4) is 0 Å². The minimum atomic E-state index is -0.456. The van der Waals surface area contributed by atoms with E-state index in [1.165, 1.54) is 12.3 Å². The lowest BCUT2D eigenvalue weighted by Gasteiger charge is -2.36. The fourth-order valence-electron chi connectivity index (χ4n) is 3.73. The molecule has 0 radical (unpaired) electrons. The van der Waals surface area contributed by atoms with E-state index < -0.39 is 11.4 Å². The van der Waals surface area contributed by atoms with Gasteiger partial charge in [0.25, 0.3) is 0 Å². The molecule has 0 unspecified atom stereocenters. The summed E-state index contributed by atoms with van der Waals surface area (Å²) in [5.74, 6) is 0.0324.